The van der Waals surface area contributed by atoms with E-state index in [9.17, 15) is 14.4 Å². The summed E-state index contributed by atoms with van der Waals surface area (Å²) in [5.74, 6) is -1.55. The van der Waals surface area contributed by atoms with Gasteiger partial charge in [0, 0.05) is 26.2 Å². The van der Waals surface area contributed by atoms with Crippen LogP contribution in [0.5, 0.6) is 0 Å². The monoisotopic (exact) mass is 286 g/mol. The van der Waals surface area contributed by atoms with Crippen LogP contribution in [0.3, 0.4) is 0 Å². The molecule has 0 aliphatic carbocycles. The van der Waals surface area contributed by atoms with Gasteiger partial charge in [-0.3, -0.25) is 14.5 Å². The third-order valence-corrected chi connectivity index (χ3v) is 3.09. The molecular weight excluding hydrogens is 264 g/mol. The van der Waals surface area contributed by atoms with Gasteiger partial charge in [0.2, 0.25) is 5.91 Å². The number of nitrogens with zero attached hydrogens (tertiary/aromatic N) is 2. The first-order valence-corrected chi connectivity index (χ1v) is 6.67. The SMILES string of the molecule is CCOC(=O)C(N)C(=O)N1CCCN(CC(N)=O)CC1. The molecule has 20 heavy (non-hydrogen) atoms. The molecule has 114 valence electrons. The molecule has 1 rings (SSSR count). The van der Waals surface area contributed by atoms with Gasteiger partial charge < -0.3 is 21.1 Å². The third-order valence-electron chi connectivity index (χ3n) is 3.09. The Morgan fingerprint density at radius 2 is 1.90 bits per heavy atom. The number of esters is 1. The first-order chi connectivity index (χ1) is 9.45. The summed E-state index contributed by atoms with van der Waals surface area (Å²) in [5.41, 5.74) is 10.7. The van der Waals surface area contributed by atoms with Crippen LogP contribution in [-0.2, 0) is 19.1 Å². The summed E-state index contributed by atoms with van der Waals surface area (Å²) in [4.78, 5) is 37.8. The fourth-order valence-electron chi connectivity index (χ4n) is 2.10. The highest BCUT2D eigenvalue weighted by Crippen LogP contribution is 2.05. The molecule has 8 nitrogen and oxygen atoms in total. The van der Waals surface area contributed by atoms with Gasteiger partial charge in [-0.05, 0) is 13.3 Å². The first-order valence-electron chi connectivity index (χ1n) is 6.67. The minimum atomic E-state index is -1.28. The fourth-order valence-corrected chi connectivity index (χ4v) is 2.10. The quantitative estimate of drug-likeness (QED) is 0.441. The summed E-state index contributed by atoms with van der Waals surface area (Å²) < 4.78 is 4.74. The molecule has 1 saturated heterocycles. The molecule has 1 unspecified atom stereocenters. The van der Waals surface area contributed by atoms with Crippen LogP contribution in [0, 0.1) is 0 Å². The van der Waals surface area contributed by atoms with Crippen molar-refractivity contribution in [2.24, 2.45) is 11.5 Å². The lowest BCUT2D eigenvalue weighted by molar-refractivity contribution is -0.150. The zero-order chi connectivity index (χ0) is 15.1. The van der Waals surface area contributed by atoms with Crippen LogP contribution < -0.4 is 11.5 Å². The largest absolute Gasteiger partial charge is 0.464 e. The molecule has 1 fully saturated rings. The summed E-state index contributed by atoms with van der Waals surface area (Å²) in [5, 5.41) is 0. The number of carbonyl (C=O) groups is 3. The van der Waals surface area contributed by atoms with E-state index < -0.39 is 23.8 Å². The molecule has 8 heteroatoms. The highest BCUT2D eigenvalue weighted by molar-refractivity contribution is 6.01. The number of amides is 2. The molecular formula is C12H22N4O4. The van der Waals surface area contributed by atoms with Crippen molar-refractivity contribution in [3.05, 3.63) is 0 Å². The van der Waals surface area contributed by atoms with Crippen molar-refractivity contribution >= 4 is 17.8 Å². The molecule has 0 aromatic carbocycles. The highest BCUT2D eigenvalue weighted by Gasteiger charge is 2.29. The van der Waals surface area contributed by atoms with Crippen molar-refractivity contribution in [1.82, 2.24) is 9.80 Å². The van der Waals surface area contributed by atoms with E-state index in [1.54, 1.807) is 6.92 Å². The van der Waals surface area contributed by atoms with E-state index in [4.69, 9.17) is 16.2 Å². The summed E-state index contributed by atoms with van der Waals surface area (Å²) in [7, 11) is 0. The van der Waals surface area contributed by atoms with E-state index in [-0.39, 0.29) is 13.2 Å². The lowest BCUT2D eigenvalue weighted by atomic mass is 10.2. The summed E-state index contributed by atoms with van der Waals surface area (Å²) in [6.45, 7) is 4.15. The number of hydrogen-bond acceptors (Lipinski definition) is 6. The van der Waals surface area contributed by atoms with Crippen molar-refractivity contribution in [2.45, 2.75) is 19.4 Å². The zero-order valence-corrected chi connectivity index (χ0v) is 11.7. The first kappa shape index (κ1) is 16.4. The average Bonchev–Trinajstić information content (AvgIpc) is 2.62. The Kier molecular flexibility index (Phi) is 6.40. The molecule has 4 N–H and O–H groups in total. The van der Waals surface area contributed by atoms with Crippen LogP contribution in [0.2, 0.25) is 0 Å². The number of ether oxygens (including phenoxy) is 1. The predicted molar refractivity (Wildman–Crippen MR) is 71.4 cm³/mol. The van der Waals surface area contributed by atoms with E-state index >= 15 is 0 Å². The van der Waals surface area contributed by atoms with Crippen LogP contribution in [-0.4, -0.2) is 73.0 Å². The van der Waals surface area contributed by atoms with E-state index in [0.29, 0.717) is 32.6 Å². The van der Waals surface area contributed by atoms with Gasteiger partial charge in [-0.15, -0.1) is 0 Å². The topological polar surface area (TPSA) is 119 Å². The Balaban J connectivity index is 2.53. The molecule has 0 aromatic rings. The maximum atomic E-state index is 12.1. The Labute approximate surface area is 118 Å². The van der Waals surface area contributed by atoms with Gasteiger partial charge in [0.1, 0.15) is 0 Å². The Hall–Kier alpha value is -1.67. The van der Waals surface area contributed by atoms with Gasteiger partial charge in [-0.25, -0.2) is 4.79 Å². The van der Waals surface area contributed by atoms with E-state index in [1.165, 1.54) is 4.90 Å². The number of primary amides is 1. The molecule has 0 spiro atoms. The predicted octanol–water partition coefficient (Wildman–Crippen LogP) is -2.10. The Morgan fingerprint density at radius 1 is 1.20 bits per heavy atom. The van der Waals surface area contributed by atoms with Crippen molar-refractivity contribution in [3.8, 4) is 0 Å². The second kappa shape index (κ2) is 7.81. The highest BCUT2D eigenvalue weighted by atomic mass is 16.5. The molecule has 0 aromatic heterocycles. The second-order valence-electron chi connectivity index (χ2n) is 4.65. The van der Waals surface area contributed by atoms with Crippen LogP contribution in [0.15, 0.2) is 0 Å². The Morgan fingerprint density at radius 3 is 2.50 bits per heavy atom. The molecule has 1 heterocycles. The number of rotatable bonds is 5. The second-order valence-corrected chi connectivity index (χ2v) is 4.65. The van der Waals surface area contributed by atoms with Gasteiger partial charge >= 0.3 is 5.97 Å². The average molecular weight is 286 g/mol. The van der Waals surface area contributed by atoms with Crippen LogP contribution >= 0.6 is 0 Å². The number of nitrogens with two attached hydrogens (primary N) is 2. The molecule has 0 bridgehead atoms. The van der Waals surface area contributed by atoms with Crippen molar-refractivity contribution in [1.29, 1.82) is 0 Å². The molecule has 0 saturated carbocycles. The summed E-state index contributed by atoms with van der Waals surface area (Å²) in [6.07, 6.45) is 0.703. The van der Waals surface area contributed by atoms with Gasteiger partial charge in [0.15, 0.2) is 6.04 Å². The Bertz CT molecular complexity index is 374. The van der Waals surface area contributed by atoms with Gasteiger partial charge in [0.05, 0.1) is 13.2 Å². The van der Waals surface area contributed by atoms with Gasteiger partial charge in [-0.2, -0.15) is 0 Å². The number of carbonyl (C=O) groups excluding carboxylic acids is 3. The minimum Gasteiger partial charge on any atom is -0.464 e. The van der Waals surface area contributed by atoms with Crippen LogP contribution in [0.25, 0.3) is 0 Å². The van der Waals surface area contributed by atoms with E-state index in [0.717, 1.165) is 0 Å². The van der Waals surface area contributed by atoms with Crippen molar-refractivity contribution in [2.75, 3.05) is 39.3 Å². The smallest absolute Gasteiger partial charge is 0.332 e. The van der Waals surface area contributed by atoms with Crippen molar-refractivity contribution in [3.63, 3.8) is 0 Å². The van der Waals surface area contributed by atoms with E-state index in [2.05, 4.69) is 0 Å². The van der Waals surface area contributed by atoms with E-state index in [1.807, 2.05) is 4.90 Å². The normalized spacial score (nSPS) is 18.2. The van der Waals surface area contributed by atoms with Crippen molar-refractivity contribution < 1.29 is 19.1 Å². The van der Waals surface area contributed by atoms with Crippen LogP contribution in [0.4, 0.5) is 0 Å². The molecule has 1 atom stereocenters. The standard InChI is InChI=1S/C12H22N4O4/c1-2-20-12(19)10(14)11(18)16-5-3-4-15(6-7-16)8-9(13)17/h10H,2-8,14H2,1H3,(H2,13,17). The lowest BCUT2D eigenvalue weighted by Gasteiger charge is -2.23. The molecule has 2 amide bonds. The van der Waals surface area contributed by atoms with Gasteiger partial charge in [0.25, 0.3) is 5.91 Å². The molecule has 1 aliphatic rings. The summed E-state index contributed by atoms with van der Waals surface area (Å²) in [6, 6.07) is -1.28. The summed E-state index contributed by atoms with van der Waals surface area (Å²) >= 11 is 0. The number of hydrogen-bond donors (Lipinski definition) is 2. The zero-order valence-electron chi connectivity index (χ0n) is 11.7. The maximum Gasteiger partial charge on any atom is 0.332 e. The lowest BCUT2D eigenvalue weighted by Crippen LogP contribution is -2.50. The van der Waals surface area contributed by atoms with Gasteiger partial charge in [-0.1, -0.05) is 0 Å². The minimum absolute atomic E-state index is 0.173. The fraction of sp³-hybridized carbons (Fsp3) is 0.750. The molecule has 0 radical (unpaired) electrons. The van der Waals surface area contributed by atoms with Crippen LogP contribution in [0.1, 0.15) is 13.3 Å². The maximum absolute atomic E-state index is 12.1. The molecule has 1 aliphatic heterocycles. The third kappa shape index (κ3) is 4.78.